The van der Waals surface area contributed by atoms with E-state index in [4.69, 9.17) is 9.11 Å². The normalized spacial score (nSPS) is 13.8. The average Bonchev–Trinajstić information content (AvgIpc) is 3.68. The Bertz CT molecular complexity index is 1590. The summed E-state index contributed by atoms with van der Waals surface area (Å²) in [7, 11) is -7.33. The van der Waals surface area contributed by atoms with E-state index in [1.807, 2.05) is 24.3 Å². The zero-order valence-corrected chi connectivity index (χ0v) is 25.4. The summed E-state index contributed by atoms with van der Waals surface area (Å²) < 4.78 is 51.7. The largest absolute Gasteiger partial charge is 0.368 e. The third kappa shape index (κ3) is 12.3. The van der Waals surface area contributed by atoms with E-state index in [1.54, 1.807) is 48.5 Å². The summed E-state index contributed by atoms with van der Waals surface area (Å²) in [5.74, 6) is 1.32. The highest BCUT2D eigenvalue weighted by Crippen LogP contribution is 2.17. The molecule has 2 heterocycles. The van der Waals surface area contributed by atoms with E-state index < -0.39 is 20.2 Å². The van der Waals surface area contributed by atoms with Gasteiger partial charge in [-0.05, 0) is 48.5 Å². The molecule has 0 aliphatic carbocycles. The molecule has 0 radical (unpaired) electrons. The molecule has 16 heteroatoms. The average molecular weight is 645 g/mol. The standard InChI is InChI=1S/C26H24N6O2.2CH4O3S/c33-25(19-5-1-17(2-6-19)23-27-13-14-28-23)31-21-9-11-22(12-10-21)32-26(34)20-7-3-18(4-8-20)24-29-15-16-30-24;2*1-5(2,3)4/h1-12H,13-16H2,(H,27,28)(H,29,30)(H,31,33)(H,32,34);2*1H3,(H,2,3,4). The van der Waals surface area contributed by atoms with Crippen LogP contribution in [-0.4, -0.2) is 88.1 Å². The molecule has 0 bridgehead atoms. The molecule has 0 unspecified atom stereocenters. The number of hydrogen-bond donors (Lipinski definition) is 6. The Morgan fingerprint density at radius 1 is 0.614 bits per heavy atom. The predicted molar refractivity (Wildman–Crippen MR) is 169 cm³/mol. The quantitative estimate of drug-likeness (QED) is 0.214. The molecule has 0 fully saturated rings. The molecule has 0 aromatic heterocycles. The number of nitrogens with one attached hydrogen (secondary N) is 4. The first-order chi connectivity index (χ1) is 20.7. The molecule has 0 saturated carbocycles. The van der Waals surface area contributed by atoms with E-state index in [1.165, 1.54) is 0 Å². The van der Waals surface area contributed by atoms with Gasteiger partial charge in [-0.3, -0.25) is 28.7 Å². The first-order valence-electron chi connectivity index (χ1n) is 13.0. The second-order valence-corrected chi connectivity index (χ2v) is 12.4. The smallest absolute Gasteiger partial charge is 0.261 e. The van der Waals surface area contributed by atoms with Crippen LogP contribution >= 0.6 is 0 Å². The number of rotatable bonds is 6. The van der Waals surface area contributed by atoms with Crippen LogP contribution in [-0.2, 0) is 20.2 Å². The number of carbonyl (C=O) groups is 2. The minimum absolute atomic E-state index is 0.203. The van der Waals surface area contributed by atoms with Crippen molar-refractivity contribution in [3.05, 3.63) is 95.1 Å². The van der Waals surface area contributed by atoms with Crippen LogP contribution < -0.4 is 21.3 Å². The lowest BCUT2D eigenvalue weighted by molar-refractivity contribution is 0.101. The zero-order valence-electron chi connectivity index (χ0n) is 23.8. The minimum atomic E-state index is -3.67. The van der Waals surface area contributed by atoms with Crippen LogP contribution in [0.2, 0.25) is 0 Å². The maximum Gasteiger partial charge on any atom is 0.261 e. The van der Waals surface area contributed by atoms with Crippen molar-refractivity contribution in [3.8, 4) is 0 Å². The Labute approximate surface area is 255 Å². The lowest BCUT2D eigenvalue weighted by Crippen LogP contribution is -2.19. The van der Waals surface area contributed by atoms with Gasteiger partial charge >= 0.3 is 0 Å². The van der Waals surface area contributed by atoms with Crippen molar-refractivity contribution in [1.29, 1.82) is 0 Å². The highest BCUT2D eigenvalue weighted by atomic mass is 32.2. The summed E-state index contributed by atoms with van der Waals surface area (Å²) in [4.78, 5) is 33.9. The molecule has 2 aliphatic heterocycles. The van der Waals surface area contributed by atoms with Gasteiger partial charge in [-0.25, -0.2) is 0 Å². The number of benzene rings is 3. The van der Waals surface area contributed by atoms with Crippen LogP contribution in [0.5, 0.6) is 0 Å². The van der Waals surface area contributed by atoms with Crippen molar-refractivity contribution in [2.24, 2.45) is 9.98 Å². The SMILES string of the molecule is CS(=O)(=O)O.CS(=O)(=O)O.O=C(Nc1ccc(NC(=O)c2ccc(C3=NCCN3)cc2)cc1)c1ccc(C2=NCCN2)cc1. The Hall–Kier alpha value is -4.64. The maximum atomic E-state index is 12.6. The predicted octanol–water partition coefficient (Wildman–Crippen LogP) is 1.90. The van der Waals surface area contributed by atoms with Crippen LogP contribution in [0.25, 0.3) is 0 Å². The Balaban J connectivity index is 0.000000461. The molecule has 44 heavy (non-hydrogen) atoms. The number of nitrogens with zero attached hydrogens (tertiary/aromatic N) is 2. The van der Waals surface area contributed by atoms with Crippen molar-refractivity contribution < 1.29 is 35.5 Å². The summed E-state index contributed by atoms with van der Waals surface area (Å²) in [6.45, 7) is 3.23. The van der Waals surface area contributed by atoms with Gasteiger partial charge in [-0.2, -0.15) is 16.8 Å². The van der Waals surface area contributed by atoms with E-state index in [2.05, 4.69) is 31.3 Å². The molecule has 5 rings (SSSR count). The first-order valence-corrected chi connectivity index (χ1v) is 16.7. The molecule has 6 N–H and O–H groups in total. The third-order valence-electron chi connectivity index (χ3n) is 5.59. The van der Waals surface area contributed by atoms with Gasteiger partial charge in [-0.1, -0.05) is 24.3 Å². The summed E-state index contributed by atoms with van der Waals surface area (Å²) >= 11 is 0. The zero-order chi connectivity index (χ0) is 32.3. The van der Waals surface area contributed by atoms with Gasteiger partial charge in [0.05, 0.1) is 25.6 Å². The fraction of sp³-hybridized carbons (Fsp3) is 0.214. The highest BCUT2D eigenvalue weighted by Gasteiger charge is 2.12. The van der Waals surface area contributed by atoms with Gasteiger partial charge in [0.2, 0.25) is 0 Å². The van der Waals surface area contributed by atoms with Gasteiger partial charge in [-0.15, -0.1) is 0 Å². The number of carbonyl (C=O) groups excluding carboxylic acids is 2. The lowest BCUT2D eigenvalue weighted by Gasteiger charge is -2.09. The molecule has 2 amide bonds. The van der Waals surface area contributed by atoms with Crippen molar-refractivity contribution in [2.45, 2.75) is 0 Å². The molecule has 14 nitrogen and oxygen atoms in total. The number of hydrogen-bond acceptors (Lipinski definition) is 10. The van der Waals surface area contributed by atoms with E-state index in [9.17, 15) is 26.4 Å². The molecule has 0 atom stereocenters. The third-order valence-corrected chi connectivity index (χ3v) is 5.59. The summed E-state index contributed by atoms with van der Waals surface area (Å²) in [5.41, 5.74) is 4.33. The fourth-order valence-corrected chi connectivity index (χ4v) is 3.78. The maximum absolute atomic E-state index is 12.6. The molecule has 234 valence electrons. The van der Waals surface area contributed by atoms with Crippen LogP contribution in [0, 0.1) is 0 Å². The highest BCUT2D eigenvalue weighted by molar-refractivity contribution is 7.85. The van der Waals surface area contributed by atoms with Crippen molar-refractivity contribution >= 4 is 55.1 Å². The molecule has 0 spiro atoms. The molecule has 3 aromatic carbocycles. The monoisotopic (exact) mass is 644 g/mol. The first kappa shape index (κ1) is 33.9. The number of amides is 2. The van der Waals surface area contributed by atoms with Crippen LogP contribution in [0.3, 0.4) is 0 Å². The van der Waals surface area contributed by atoms with Gasteiger partial charge in [0, 0.05) is 46.7 Å². The van der Waals surface area contributed by atoms with Crippen molar-refractivity contribution in [1.82, 2.24) is 10.6 Å². The van der Waals surface area contributed by atoms with Gasteiger partial charge in [0.15, 0.2) is 0 Å². The lowest BCUT2D eigenvalue weighted by atomic mass is 10.1. The topological polar surface area (TPSA) is 216 Å². The Morgan fingerprint density at radius 3 is 1.16 bits per heavy atom. The second-order valence-electron chi connectivity index (χ2n) is 9.42. The van der Waals surface area contributed by atoms with Crippen LogP contribution in [0.4, 0.5) is 11.4 Å². The summed E-state index contributed by atoms with van der Waals surface area (Å²) in [6, 6.07) is 21.7. The van der Waals surface area contributed by atoms with E-state index in [0.29, 0.717) is 35.0 Å². The number of anilines is 2. The molecule has 0 saturated heterocycles. The molecular weight excluding hydrogens is 612 g/mol. The minimum Gasteiger partial charge on any atom is -0.368 e. The van der Waals surface area contributed by atoms with E-state index >= 15 is 0 Å². The fourth-order valence-electron chi connectivity index (χ4n) is 3.78. The van der Waals surface area contributed by atoms with Gasteiger partial charge in [0.25, 0.3) is 32.1 Å². The van der Waals surface area contributed by atoms with E-state index in [-0.39, 0.29) is 11.8 Å². The van der Waals surface area contributed by atoms with Crippen molar-refractivity contribution in [2.75, 3.05) is 49.3 Å². The molecule has 3 aromatic rings. The van der Waals surface area contributed by atoms with E-state index in [0.717, 1.165) is 49.0 Å². The second kappa shape index (κ2) is 15.2. The molecular formula is C28H32N6O8S2. The van der Waals surface area contributed by atoms with Gasteiger partial charge in [0.1, 0.15) is 11.7 Å². The summed E-state index contributed by atoms with van der Waals surface area (Å²) in [5, 5.41) is 12.2. The number of aliphatic imine (C=N–C) groups is 2. The van der Waals surface area contributed by atoms with Crippen molar-refractivity contribution in [3.63, 3.8) is 0 Å². The Morgan fingerprint density at radius 2 is 0.909 bits per heavy atom. The van der Waals surface area contributed by atoms with Crippen LogP contribution in [0.15, 0.2) is 82.8 Å². The van der Waals surface area contributed by atoms with Crippen LogP contribution in [0.1, 0.15) is 31.8 Å². The summed E-state index contributed by atoms with van der Waals surface area (Å²) in [6.07, 6.45) is 1.43. The Kier molecular flexibility index (Phi) is 11.7. The number of amidine groups is 2. The molecule has 2 aliphatic rings. The van der Waals surface area contributed by atoms with Gasteiger partial charge < -0.3 is 21.3 Å².